The van der Waals surface area contributed by atoms with Gasteiger partial charge in [0.05, 0.1) is 17.9 Å². The van der Waals surface area contributed by atoms with Crippen molar-refractivity contribution in [1.29, 1.82) is 0 Å². The topological polar surface area (TPSA) is 74.5 Å². The summed E-state index contributed by atoms with van der Waals surface area (Å²) in [6.45, 7) is 4.38. The summed E-state index contributed by atoms with van der Waals surface area (Å²) >= 11 is 4.86. The van der Waals surface area contributed by atoms with Crippen LogP contribution in [0.15, 0.2) is 56.4 Å². The number of benzene rings is 2. The van der Waals surface area contributed by atoms with Gasteiger partial charge in [-0.3, -0.25) is 4.79 Å². The van der Waals surface area contributed by atoms with Gasteiger partial charge in [-0.25, -0.2) is 0 Å². The number of para-hydroxylation sites is 1. The fraction of sp³-hybridized carbons (Fsp3) is 0.250. The van der Waals surface area contributed by atoms with Gasteiger partial charge in [0.25, 0.3) is 5.89 Å². The number of carbonyl (C=O) groups is 1. The van der Waals surface area contributed by atoms with Crippen LogP contribution in [0.1, 0.15) is 18.4 Å². The van der Waals surface area contributed by atoms with Gasteiger partial charge >= 0.3 is 5.97 Å². The SMILES string of the molecule is CCOc1ccccc1-c1noc(COC(=O)CSc2ccc(Br)cc2C)n1. The van der Waals surface area contributed by atoms with E-state index in [0.29, 0.717) is 18.2 Å². The molecule has 2 aromatic carbocycles. The molecule has 0 atom stereocenters. The standard InChI is InChI=1S/C20H19BrN2O4S/c1-3-25-16-7-5-4-6-15(16)20-22-18(27-23-20)11-26-19(24)12-28-17-9-8-14(21)10-13(17)2/h4-10H,3,11-12H2,1-2H3. The summed E-state index contributed by atoms with van der Waals surface area (Å²) < 4.78 is 17.0. The molecule has 1 aromatic heterocycles. The molecule has 0 saturated heterocycles. The number of thioether (sulfide) groups is 1. The van der Waals surface area contributed by atoms with Crippen molar-refractivity contribution in [2.24, 2.45) is 0 Å². The first kappa shape index (κ1) is 20.4. The van der Waals surface area contributed by atoms with Gasteiger partial charge in [0.2, 0.25) is 5.82 Å². The van der Waals surface area contributed by atoms with Gasteiger partial charge in [-0.05, 0) is 49.7 Å². The van der Waals surface area contributed by atoms with Crippen molar-refractivity contribution in [2.75, 3.05) is 12.4 Å². The monoisotopic (exact) mass is 462 g/mol. The van der Waals surface area contributed by atoms with Gasteiger partial charge in [0.15, 0.2) is 6.61 Å². The van der Waals surface area contributed by atoms with Gasteiger partial charge in [-0.15, -0.1) is 11.8 Å². The Bertz CT molecular complexity index is 961. The lowest BCUT2D eigenvalue weighted by Gasteiger charge is -2.06. The molecular formula is C20H19BrN2O4S. The number of halogens is 1. The number of rotatable bonds is 8. The third-order valence-corrected chi connectivity index (χ3v) is 5.38. The molecule has 28 heavy (non-hydrogen) atoms. The van der Waals surface area contributed by atoms with E-state index in [1.54, 1.807) is 0 Å². The van der Waals surface area contributed by atoms with Crippen molar-refractivity contribution in [1.82, 2.24) is 10.1 Å². The lowest BCUT2D eigenvalue weighted by atomic mass is 10.2. The molecule has 0 N–H and O–H groups in total. The van der Waals surface area contributed by atoms with Crippen LogP contribution >= 0.6 is 27.7 Å². The van der Waals surface area contributed by atoms with E-state index in [4.69, 9.17) is 14.0 Å². The van der Waals surface area contributed by atoms with Crippen LogP contribution in [0.5, 0.6) is 5.75 Å². The summed E-state index contributed by atoms with van der Waals surface area (Å²) in [4.78, 5) is 17.3. The maximum atomic E-state index is 12.0. The molecule has 3 rings (SSSR count). The third kappa shape index (κ3) is 5.36. The maximum Gasteiger partial charge on any atom is 0.316 e. The van der Waals surface area contributed by atoms with Crippen LogP contribution in [0.25, 0.3) is 11.4 Å². The van der Waals surface area contributed by atoms with Crippen molar-refractivity contribution in [3.8, 4) is 17.1 Å². The Labute approximate surface area is 175 Å². The first-order chi connectivity index (χ1) is 13.6. The molecule has 0 amide bonds. The fourth-order valence-corrected chi connectivity index (χ4v) is 3.73. The van der Waals surface area contributed by atoms with Crippen molar-refractivity contribution < 1.29 is 18.8 Å². The van der Waals surface area contributed by atoms with Crippen LogP contribution in [-0.4, -0.2) is 28.5 Å². The maximum absolute atomic E-state index is 12.0. The Hall–Kier alpha value is -2.32. The van der Waals surface area contributed by atoms with Crippen LogP contribution in [-0.2, 0) is 16.1 Å². The summed E-state index contributed by atoms with van der Waals surface area (Å²) in [5, 5.41) is 3.95. The van der Waals surface area contributed by atoms with Crippen molar-refractivity contribution in [3.63, 3.8) is 0 Å². The second-order valence-corrected chi connectivity index (χ2v) is 7.73. The van der Waals surface area contributed by atoms with Crippen LogP contribution in [0, 0.1) is 6.92 Å². The highest BCUT2D eigenvalue weighted by Gasteiger charge is 2.15. The zero-order valence-electron chi connectivity index (χ0n) is 15.5. The highest BCUT2D eigenvalue weighted by Crippen LogP contribution is 2.28. The van der Waals surface area contributed by atoms with Crippen molar-refractivity contribution in [3.05, 3.63) is 58.4 Å². The number of esters is 1. The number of nitrogens with zero attached hydrogens (tertiary/aromatic N) is 2. The van der Waals surface area contributed by atoms with Crippen LogP contribution < -0.4 is 4.74 Å². The number of ether oxygens (including phenoxy) is 2. The lowest BCUT2D eigenvalue weighted by molar-refractivity contribution is -0.142. The van der Waals surface area contributed by atoms with E-state index in [0.717, 1.165) is 20.5 Å². The molecule has 0 fully saturated rings. The lowest BCUT2D eigenvalue weighted by Crippen LogP contribution is -2.07. The average Bonchev–Trinajstić information content (AvgIpc) is 3.15. The molecule has 0 spiro atoms. The Morgan fingerprint density at radius 3 is 2.86 bits per heavy atom. The molecule has 0 aliphatic carbocycles. The second-order valence-electron chi connectivity index (χ2n) is 5.80. The van der Waals surface area contributed by atoms with Gasteiger partial charge in [0, 0.05) is 9.37 Å². The molecule has 0 saturated carbocycles. The second kappa shape index (κ2) is 9.75. The number of carbonyl (C=O) groups excluding carboxylic acids is 1. The Morgan fingerprint density at radius 1 is 1.25 bits per heavy atom. The van der Waals surface area contributed by atoms with E-state index in [1.165, 1.54) is 11.8 Å². The van der Waals surface area contributed by atoms with E-state index in [9.17, 15) is 4.79 Å². The zero-order chi connectivity index (χ0) is 19.9. The summed E-state index contributed by atoms with van der Waals surface area (Å²) in [5.74, 6) is 1.17. The van der Waals surface area contributed by atoms with Crippen molar-refractivity contribution in [2.45, 2.75) is 25.3 Å². The highest BCUT2D eigenvalue weighted by atomic mass is 79.9. The molecule has 0 aliphatic heterocycles. The van der Waals surface area contributed by atoms with E-state index in [2.05, 4.69) is 26.1 Å². The number of aryl methyl sites for hydroxylation is 1. The predicted molar refractivity (Wildman–Crippen MR) is 110 cm³/mol. The molecule has 146 valence electrons. The summed E-state index contributed by atoms with van der Waals surface area (Å²) in [6, 6.07) is 13.4. The summed E-state index contributed by atoms with van der Waals surface area (Å²) in [7, 11) is 0. The van der Waals surface area contributed by atoms with Crippen molar-refractivity contribution >= 4 is 33.7 Å². The minimum atomic E-state index is -0.346. The van der Waals surface area contributed by atoms with E-state index in [-0.39, 0.29) is 24.2 Å². The summed E-state index contributed by atoms with van der Waals surface area (Å²) in [5.41, 5.74) is 1.83. The van der Waals surface area contributed by atoms with E-state index >= 15 is 0 Å². The largest absolute Gasteiger partial charge is 0.493 e. The Kier molecular flexibility index (Phi) is 7.11. The Balaban J connectivity index is 1.55. The van der Waals surface area contributed by atoms with Gasteiger partial charge in [0.1, 0.15) is 5.75 Å². The van der Waals surface area contributed by atoms with Gasteiger partial charge in [-0.1, -0.05) is 33.2 Å². The molecule has 0 unspecified atom stereocenters. The normalized spacial score (nSPS) is 10.7. The number of aromatic nitrogens is 2. The summed E-state index contributed by atoms with van der Waals surface area (Å²) in [6.07, 6.45) is 0. The molecule has 0 bridgehead atoms. The minimum absolute atomic E-state index is 0.0669. The van der Waals surface area contributed by atoms with Crippen LogP contribution in [0.4, 0.5) is 0 Å². The van der Waals surface area contributed by atoms with Gasteiger partial charge in [-0.2, -0.15) is 4.98 Å². The van der Waals surface area contributed by atoms with Crippen LogP contribution in [0.2, 0.25) is 0 Å². The first-order valence-corrected chi connectivity index (χ1v) is 10.4. The van der Waals surface area contributed by atoms with Crippen LogP contribution in [0.3, 0.4) is 0 Å². The third-order valence-electron chi connectivity index (χ3n) is 3.74. The fourth-order valence-electron chi connectivity index (χ4n) is 2.45. The van der Waals surface area contributed by atoms with E-state index in [1.807, 2.05) is 56.3 Å². The number of hydrogen-bond donors (Lipinski definition) is 0. The molecule has 8 heteroatoms. The molecule has 6 nitrogen and oxygen atoms in total. The molecule has 0 aliphatic rings. The van der Waals surface area contributed by atoms with Gasteiger partial charge < -0.3 is 14.0 Å². The molecule has 1 heterocycles. The molecule has 3 aromatic rings. The predicted octanol–water partition coefficient (Wildman–Crippen LogP) is 5.04. The zero-order valence-corrected chi connectivity index (χ0v) is 17.9. The smallest absolute Gasteiger partial charge is 0.316 e. The quantitative estimate of drug-likeness (QED) is 0.342. The first-order valence-electron chi connectivity index (χ1n) is 8.66. The van der Waals surface area contributed by atoms with E-state index < -0.39 is 0 Å². The minimum Gasteiger partial charge on any atom is -0.493 e. The average molecular weight is 463 g/mol. The molecule has 0 radical (unpaired) electrons. The Morgan fingerprint density at radius 2 is 2.07 bits per heavy atom. The molecular weight excluding hydrogens is 444 g/mol. The highest BCUT2D eigenvalue weighted by molar-refractivity contribution is 9.10. The number of hydrogen-bond acceptors (Lipinski definition) is 7.